The van der Waals surface area contributed by atoms with Crippen LogP contribution in [0.3, 0.4) is 0 Å². The molecule has 1 aliphatic rings. The quantitative estimate of drug-likeness (QED) is 0.312. The first-order valence-electron chi connectivity index (χ1n) is 14.7. The van der Waals surface area contributed by atoms with E-state index in [1.807, 2.05) is 92.7 Å². The van der Waals surface area contributed by atoms with Crippen LogP contribution >= 0.6 is 0 Å². The summed E-state index contributed by atoms with van der Waals surface area (Å²) >= 11 is 0. The van der Waals surface area contributed by atoms with Crippen LogP contribution in [0.1, 0.15) is 68.0 Å². The van der Waals surface area contributed by atoms with Gasteiger partial charge in [-0.2, -0.15) is 0 Å². The van der Waals surface area contributed by atoms with E-state index in [-0.39, 0.29) is 30.2 Å². The maximum absolute atomic E-state index is 14.6. The van der Waals surface area contributed by atoms with Crippen LogP contribution in [0.2, 0.25) is 0 Å². The average Bonchev–Trinajstić information content (AvgIpc) is 3.66. The molecule has 0 spiro atoms. The van der Waals surface area contributed by atoms with Gasteiger partial charge in [0.2, 0.25) is 11.8 Å². The molecule has 4 unspecified atom stereocenters. The first kappa shape index (κ1) is 30.8. The summed E-state index contributed by atoms with van der Waals surface area (Å²) in [5.41, 5.74) is 3.84. The van der Waals surface area contributed by atoms with E-state index < -0.39 is 23.8 Å². The van der Waals surface area contributed by atoms with E-state index in [4.69, 9.17) is 4.74 Å². The van der Waals surface area contributed by atoms with E-state index in [0.29, 0.717) is 6.54 Å². The number of nitrogens with zero attached hydrogens (tertiary/aromatic N) is 1. The van der Waals surface area contributed by atoms with Crippen LogP contribution in [0.25, 0.3) is 0 Å². The number of alkyl carbamates (subject to hydrolysis) is 1. The third-order valence-electron chi connectivity index (χ3n) is 7.52. The fraction of sp³-hybridized carbons (Fsp3) is 0.400. The van der Waals surface area contributed by atoms with E-state index in [1.165, 1.54) is 0 Å². The number of hydrogen-bond donors (Lipinski definition) is 2. The molecule has 1 saturated carbocycles. The molecular weight excluding hydrogens is 526 g/mol. The van der Waals surface area contributed by atoms with Crippen molar-refractivity contribution in [1.82, 2.24) is 15.5 Å². The van der Waals surface area contributed by atoms with Gasteiger partial charge in [0.1, 0.15) is 17.7 Å². The zero-order valence-electron chi connectivity index (χ0n) is 25.5. The number of hydrogen-bond acceptors (Lipinski definition) is 4. The van der Waals surface area contributed by atoms with Crippen LogP contribution in [0.5, 0.6) is 0 Å². The van der Waals surface area contributed by atoms with Crippen molar-refractivity contribution in [3.63, 3.8) is 0 Å². The minimum absolute atomic E-state index is 0.136. The first-order chi connectivity index (χ1) is 19.9. The van der Waals surface area contributed by atoms with Crippen LogP contribution in [0.4, 0.5) is 4.79 Å². The molecule has 3 amide bonds. The lowest BCUT2D eigenvalue weighted by Gasteiger charge is -2.36. The number of carbonyl (C=O) groups excluding carboxylic acids is 3. The van der Waals surface area contributed by atoms with Crippen molar-refractivity contribution in [2.24, 2.45) is 5.92 Å². The monoisotopic (exact) mass is 569 g/mol. The fourth-order valence-corrected chi connectivity index (χ4v) is 5.21. The molecule has 3 aromatic rings. The smallest absolute Gasteiger partial charge is 0.408 e. The zero-order chi connectivity index (χ0) is 30.4. The van der Waals surface area contributed by atoms with Gasteiger partial charge in [0.15, 0.2) is 0 Å². The van der Waals surface area contributed by atoms with E-state index in [1.54, 1.807) is 25.7 Å². The molecular formula is C35H43N3O4. The molecule has 4 atom stereocenters. The lowest BCUT2D eigenvalue weighted by atomic mass is 9.95. The Morgan fingerprint density at radius 1 is 0.929 bits per heavy atom. The van der Waals surface area contributed by atoms with Gasteiger partial charge in [-0.05, 0) is 69.2 Å². The van der Waals surface area contributed by atoms with Crippen molar-refractivity contribution in [3.8, 4) is 0 Å². The first-order valence-corrected chi connectivity index (χ1v) is 14.7. The molecule has 0 bridgehead atoms. The van der Waals surface area contributed by atoms with Gasteiger partial charge in [-0.3, -0.25) is 9.59 Å². The van der Waals surface area contributed by atoms with Gasteiger partial charge in [0.25, 0.3) is 0 Å². The lowest BCUT2D eigenvalue weighted by Crippen LogP contribution is -2.54. The predicted octanol–water partition coefficient (Wildman–Crippen LogP) is 6.03. The van der Waals surface area contributed by atoms with Crippen molar-refractivity contribution in [2.45, 2.75) is 84.7 Å². The maximum Gasteiger partial charge on any atom is 0.408 e. The highest BCUT2D eigenvalue weighted by atomic mass is 16.6. The number of amides is 3. The Bertz CT molecular complexity index is 1380. The molecule has 0 aliphatic heterocycles. The van der Waals surface area contributed by atoms with E-state index in [0.717, 1.165) is 34.2 Å². The molecule has 1 fully saturated rings. The van der Waals surface area contributed by atoms with Crippen LogP contribution < -0.4 is 10.6 Å². The Morgan fingerprint density at radius 2 is 1.52 bits per heavy atom. The van der Waals surface area contributed by atoms with Crippen molar-refractivity contribution in [3.05, 3.63) is 107 Å². The van der Waals surface area contributed by atoms with Crippen molar-refractivity contribution < 1.29 is 19.1 Å². The molecule has 0 aromatic heterocycles. The molecule has 7 nitrogen and oxygen atoms in total. The fourth-order valence-electron chi connectivity index (χ4n) is 5.21. The normalized spacial score (nSPS) is 17.5. The van der Waals surface area contributed by atoms with Crippen LogP contribution in [0, 0.1) is 19.8 Å². The second kappa shape index (κ2) is 13.2. The topological polar surface area (TPSA) is 87.7 Å². The largest absolute Gasteiger partial charge is 0.444 e. The van der Waals surface area contributed by atoms with Gasteiger partial charge in [0, 0.05) is 19.0 Å². The Hall–Kier alpha value is -4.13. The maximum atomic E-state index is 14.6. The van der Waals surface area contributed by atoms with E-state index in [2.05, 4.69) is 17.6 Å². The third kappa shape index (κ3) is 8.21. The molecule has 7 heteroatoms. The lowest BCUT2D eigenvalue weighted by molar-refractivity contribution is -0.143. The summed E-state index contributed by atoms with van der Waals surface area (Å²) < 4.78 is 5.55. The van der Waals surface area contributed by atoms with Gasteiger partial charge in [-0.25, -0.2) is 4.79 Å². The summed E-state index contributed by atoms with van der Waals surface area (Å²) in [5.74, 6) is -0.335. The molecule has 4 rings (SSSR count). The second-order valence-corrected chi connectivity index (χ2v) is 12.4. The number of benzene rings is 3. The van der Waals surface area contributed by atoms with E-state index in [9.17, 15) is 14.4 Å². The van der Waals surface area contributed by atoms with Crippen molar-refractivity contribution in [2.75, 3.05) is 0 Å². The highest BCUT2D eigenvalue weighted by Gasteiger charge is 2.48. The highest BCUT2D eigenvalue weighted by molar-refractivity contribution is 5.93. The summed E-state index contributed by atoms with van der Waals surface area (Å²) in [6.07, 6.45) is 0.378. The second-order valence-electron chi connectivity index (χ2n) is 12.4. The Balaban J connectivity index is 1.73. The Morgan fingerprint density at radius 3 is 2.10 bits per heavy atom. The average molecular weight is 570 g/mol. The Kier molecular flexibility index (Phi) is 9.71. The van der Waals surface area contributed by atoms with E-state index >= 15 is 0 Å². The molecule has 0 radical (unpaired) electrons. The zero-order valence-corrected chi connectivity index (χ0v) is 25.5. The summed E-state index contributed by atoms with van der Waals surface area (Å²) in [6, 6.07) is 23.3. The summed E-state index contributed by atoms with van der Waals surface area (Å²) in [7, 11) is 0. The van der Waals surface area contributed by atoms with Crippen molar-refractivity contribution >= 4 is 17.9 Å². The van der Waals surface area contributed by atoms with Gasteiger partial charge < -0.3 is 20.3 Å². The minimum atomic E-state index is -0.926. The summed E-state index contributed by atoms with van der Waals surface area (Å²) in [5, 5.41) is 5.94. The molecule has 0 saturated heterocycles. The van der Waals surface area contributed by atoms with Gasteiger partial charge in [-0.1, -0.05) is 91.3 Å². The molecule has 42 heavy (non-hydrogen) atoms. The number of rotatable bonds is 10. The van der Waals surface area contributed by atoms with Crippen LogP contribution in [-0.2, 0) is 27.3 Å². The van der Waals surface area contributed by atoms with Gasteiger partial charge in [-0.15, -0.1) is 0 Å². The molecule has 1 aliphatic carbocycles. The summed E-state index contributed by atoms with van der Waals surface area (Å²) in [4.78, 5) is 43.5. The number of nitrogens with one attached hydrogen (secondary N) is 2. The number of carbonyl (C=O) groups is 3. The van der Waals surface area contributed by atoms with Crippen LogP contribution in [-0.4, -0.2) is 40.5 Å². The van der Waals surface area contributed by atoms with Crippen molar-refractivity contribution in [1.29, 1.82) is 0 Å². The molecule has 3 aromatic carbocycles. The third-order valence-corrected chi connectivity index (χ3v) is 7.52. The van der Waals surface area contributed by atoms with Gasteiger partial charge in [0.05, 0.1) is 0 Å². The minimum Gasteiger partial charge on any atom is -0.444 e. The predicted molar refractivity (Wildman–Crippen MR) is 165 cm³/mol. The van der Waals surface area contributed by atoms with Gasteiger partial charge >= 0.3 is 6.09 Å². The highest BCUT2D eigenvalue weighted by Crippen LogP contribution is 2.41. The SMILES string of the molecule is Cc1ccc(C)c(C(C(=O)NCc2ccccc2)N(C(=O)C(Cc2ccccc2)NC(=O)OC(C)(C)C)C2CC2C)c1. The molecule has 222 valence electrons. The molecule has 0 heterocycles. The Labute approximate surface area is 249 Å². The number of ether oxygens (including phenoxy) is 1. The summed E-state index contributed by atoms with van der Waals surface area (Å²) in [6.45, 7) is 11.7. The number of aryl methyl sites for hydroxylation is 2. The molecule has 2 N–H and O–H groups in total. The van der Waals surface area contributed by atoms with Crippen LogP contribution in [0.15, 0.2) is 78.9 Å². The standard InChI is InChI=1S/C35H43N3O4/c1-23-17-18-24(2)28(19-23)31(32(39)36-22-27-15-11-8-12-16-27)38(30-20-25(30)3)33(40)29(21-26-13-9-7-10-14-26)37-34(41)42-35(4,5)6/h7-19,25,29-31H,20-22H2,1-6H3,(H,36,39)(H,37,41).